The minimum absolute atomic E-state index is 0.473. The van der Waals surface area contributed by atoms with Crippen molar-refractivity contribution < 1.29 is 13.7 Å². The molecule has 5 rings (SSSR count). The molecular formula is C36H40N3O3P3. The van der Waals surface area contributed by atoms with Gasteiger partial charge in [0.15, 0.2) is 7.95 Å². The fourth-order valence-corrected chi connectivity index (χ4v) is 11.8. The summed E-state index contributed by atoms with van der Waals surface area (Å²) in [5.41, 5.74) is 0. The lowest BCUT2D eigenvalue weighted by molar-refractivity contribution is 0.407. The van der Waals surface area contributed by atoms with Crippen molar-refractivity contribution >= 4 is 49.1 Å². The zero-order valence-corrected chi connectivity index (χ0v) is 28.0. The van der Waals surface area contributed by atoms with Gasteiger partial charge in [0.2, 0.25) is 14.6 Å². The molecule has 0 saturated heterocycles. The van der Waals surface area contributed by atoms with Gasteiger partial charge in [-0.25, -0.2) is 4.67 Å². The monoisotopic (exact) mass is 655 g/mol. The van der Waals surface area contributed by atoms with Crippen LogP contribution < -0.4 is 36.7 Å². The predicted octanol–water partition coefficient (Wildman–Crippen LogP) is 5.91. The minimum Gasteiger partial charge on any atom is -0.305 e. The highest BCUT2D eigenvalue weighted by Gasteiger charge is 2.34. The largest absolute Gasteiger partial charge is 0.305 e. The molecule has 0 heterocycles. The normalized spacial score (nSPS) is 12.6. The molecule has 2 N–H and O–H groups in total. The predicted molar refractivity (Wildman–Crippen MR) is 191 cm³/mol. The van der Waals surface area contributed by atoms with Crippen molar-refractivity contribution in [3.8, 4) is 0 Å². The number of hydrogen-bond acceptors (Lipinski definition) is 3. The van der Waals surface area contributed by atoms with E-state index in [0.29, 0.717) is 39.0 Å². The molecule has 1 atom stereocenters. The van der Waals surface area contributed by atoms with E-state index in [-0.39, 0.29) is 0 Å². The molecule has 0 aromatic heterocycles. The quantitative estimate of drug-likeness (QED) is 0.102. The molecule has 0 aliphatic rings. The molecule has 5 aromatic rings. The molecule has 0 saturated carbocycles. The van der Waals surface area contributed by atoms with Gasteiger partial charge in [0, 0.05) is 52.7 Å². The third-order valence-electron chi connectivity index (χ3n) is 7.69. The maximum absolute atomic E-state index is 15.3. The number of benzene rings is 5. The van der Waals surface area contributed by atoms with E-state index < -0.39 is 22.5 Å². The van der Waals surface area contributed by atoms with Gasteiger partial charge in [-0.1, -0.05) is 103 Å². The summed E-state index contributed by atoms with van der Waals surface area (Å²) in [6.07, 6.45) is 1.29. The third kappa shape index (κ3) is 8.29. The molecule has 5 aromatic carbocycles. The molecule has 45 heavy (non-hydrogen) atoms. The van der Waals surface area contributed by atoms with Crippen LogP contribution in [-0.2, 0) is 13.7 Å². The molecule has 0 aliphatic carbocycles. The summed E-state index contributed by atoms with van der Waals surface area (Å²) in [4.78, 5) is 0. The van der Waals surface area contributed by atoms with Crippen molar-refractivity contribution in [3.63, 3.8) is 0 Å². The second kappa shape index (κ2) is 16.3. The van der Waals surface area contributed by atoms with Gasteiger partial charge in [-0.2, -0.15) is 0 Å². The van der Waals surface area contributed by atoms with Crippen molar-refractivity contribution in [3.05, 3.63) is 152 Å². The highest BCUT2D eigenvalue weighted by molar-refractivity contribution is 7.77. The lowest BCUT2D eigenvalue weighted by atomic mass is 10.4. The molecule has 9 heteroatoms. The first-order valence-corrected chi connectivity index (χ1v) is 20.1. The Kier molecular flexibility index (Phi) is 12.0. The van der Waals surface area contributed by atoms with Crippen LogP contribution in [0.15, 0.2) is 152 Å². The van der Waals surface area contributed by atoms with Gasteiger partial charge in [0.25, 0.3) is 0 Å². The van der Waals surface area contributed by atoms with Crippen LogP contribution in [0.5, 0.6) is 0 Å². The third-order valence-corrected chi connectivity index (χ3v) is 15.0. The Bertz CT molecular complexity index is 1640. The van der Waals surface area contributed by atoms with Crippen molar-refractivity contribution in [1.29, 1.82) is 0 Å². The summed E-state index contributed by atoms with van der Waals surface area (Å²) in [7, 11) is -8.42. The SMILES string of the molecule is O=[PH](NCCCN(CCCNP(=O)(c1ccccc1)c1ccccc1)P(=O)(c1ccccc1)c1ccccc1)c1ccccc1. The average Bonchev–Trinajstić information content (AvgIpc) is 3.12. The maximum atomic E-state index is 15.3. The van der Waals surface area contributed by atoms with Crippen LogP contribution in [-0.4, -0.2) is 30.8 Å². The van der Waals surface area contributed by atoms with Gasteiger partial charge in [-0.05, 0) is 61.4 Å². The smallest absolute Gasteiger partial charge is 0.207 e. The fourth-order valence-electron chi connectivity index (χ4n) is 5.39. The Hall–Kier alpha value is -3.33. The molecule has 0 fully saturated rings. The summed E-state index contributed by atoms with van der Waals surface area (Å²) in [6.45, 7) is 2.06. The first-order chi connectivity index (χ1) is 22.0. The zero-order chi connectivity index (χ0) is 31.4. The summed E-state index contributed by atoms with van der Waals surface area (Å²) in [5.74, 6) is 0. The van der Waals surface area contributed by atoms with Gasteiger partial charge in [-0.15, -0.1) is 0 Å². The van der Waals surface area contributed by atoms with Crippen LogP contribution in [0, 0.1) is 0 Å². The van der Waals surface area contributed by atoms with Crippen molar-refractivity contribution in [1.82, 2.24) is 14.8 Å². The van der Waals surface area contributed by atoms with Gasteiger partial charge in [0.05, 0.1) is 0 Å². The summed E-state index contributed by atoms with van der Waals surface area (Å²) < 4.78 is 44.7. The van der Waals surface area contributed by atoms with Crippen LogP contribution >= 0.6 is 22.5 Å². The Labute approximate surface area is 267 Å². The lowest BCUT2D eigenvalue weighted by Gasteiger charge is -2.33. The Morgan fingerprint density at radius 1 is 0.511 bits per heavy atom. The Morgan fingerprint density at radius 2 is 0.889 bits per heavy atom. The van der Waals surface area contributed by atoms with Gasteiger partial charge in [0.1, 0.15) is 0 Å². The first kappa shape index (κ1) is 33.0. The molecule has 1 unspecified atom stereocenters. The summed E-state index contributed by atoms with van der Waals surface area (Å²) in [6, 6.07) is 47.8. The van der Waals surface area contributed by atoms with E-state index in [0.717, 1.165) is 26.5 Å². The van der Waals surface area contributed by atoms with E-state index in [2.05, 4.69) is 14.8 Å². The van der Waals surface area contributed by atoms with E-state index in [4.69, 9.17) is 0 Å². The maximum Gasteiger partial charge on any atom is 0.207 e. The first-order valence-electron chi connectivity index (χ1n) is 15.3. The van der Waals surface area contributed by atoms with E-state index in [9.17, 15) is 9.13 Å². The zero-order valence-electron chi connectivity index (χ0n) is 25.2. The van der Waals surface area contributed by atoms with Crippen LogP contribution in [0.2, 0.25) is 0 Å². The molecule has 232 valence electrons. The molecule has 0 spiro atoms. The molecule has 6 nitrogen and oxygen atoms in total. The van der Waals surface area contributed by atoms with E-state index in [1.165, 1.54) is 0 Å². The second-order valence-electron chi connectivity index (χ2n) is 10.7. The van der Waals surface area contributed by atoms with Gasteiger partial charge < -0.3 is 4.57 Å². The molecule has 0 aliphatic heterocycles. The van der Waals surface area contributed by atoms with Crippen LogP contribution in [0.3, 0.4) is 0 Å². The van der Waals surface area contributed by atoms with E-state index >= 15 is 4.57 Å². The lowest BCUT2D eigenvalue weighted by Crippen LogP contribution is -2.36. The standard InChI is InChI=1S/C36H40N3O3P3/c40-43(32-18-6-1-7-19-32)37-28-16-30-39(45(42,35-24-12-4-13-25-35)36-26-14-5-15-27-36)31-17-29-38-44(41,33-20-8-2-9-21-33)34-22-10-3-11-23-34/h1-15,18-27,43H,16-17,28-31H2,(H,37,40)(H,38,41). The Balaban J connectivity index is 1.35. The number of nitrogens with zero attached hydrogens (tertiary/aromatic N) is 1. The van der Waals surface area contributed by atoms with E-state index in [1.54, 1.807) is 0 Å². The second-order valence-corrected chi connectivity index (χ2v) is 17.6. The highest BCUT2D eigenvalue weighted by Crippen LogP contribution is 2.47. The summed E-state index contributed by atoms with van der Waals surface area (Å²) in [5, 5.41) is 10.4. The molecule has 0 bridgehead atoms. The molecule has 0 amide bonds. The fraction of sp³-hybridized carbons (Fsp3) is 0.167. The average molecular weight is 656 g/mol. The summed E-state index contributed by atoms with van der Waals surface area (Å²) >= 11 is 0. The van der Waals surface area contributed by atoms with Crippen molar-refractivity contribution in [2.24, 2.45) is 0 Å². The number of hydrogen-bond donors (Lipinski definition) is 2. The molecule has 0 radical (unpaired) electrons. The minimum atomic E-state index is -3.21. The van der Waals surface area contributed by atoms with Crippen LogP contribution in [0.1, 0.15) is 12.8 Å². The van der Waals surface area contributed by atoms with Crippen molar-refractivity contribution in [2.45, 2.75) is 12.8 Å². The van der Waals surface area contributed by atoms with Gasteiger partial charge >= 0.3 is 0 Å². The number of nitrogens with one attached hydrogen (secondary N) is 2. The van der Waals surface area contributed by atoms with E-state index in [1.807, 2.05) is 152 Å². The molecular weight excluding hydrogens is 615 g/mol. The number of rotatable bonds is 16. The van der Waals surface area contributed by atoms with Crippen LogP contribution in [0.25, 0.3) is 0 Å². The van der Waals surface area contributed by atoms with Crippen LogP contribution in [0.4, 0.5) is 0 Å². The highest BCUT2D eigenvalue weighted by atomic mass is 31.2. The van der Waals surface area contributed by atoms with Crippen molar-refractivity contribution in [2.75, 3.05) is 26.2 Å². The van der Waals surface area contributed by atoms with Gasteiger partial charge in [-0.3, -0.25) is 19.3 Å². The topological polar surface area (TPSA) is 78.5 Å². The Morgan fingerprint density at radius 3 is 1.33 bits per heavy atom.